The van der Waals surface area contributed by atoms with Crippen molar-refractivity contribution in [1.29, 1.82) is 0 Å². The van der Waals surface area contributed by atoms with Gasteiger partial charge in [0.25, 0.3) is 0 Å². The van der Waals surface area contributed by atoms with Crippen molar-refractivity contribution in [1.82, 2.24) is 4.90 Å². The summed E-state index contributed by atoms with van der Waals surface area (Å²) in [5.41, 5.74) is 0. The molecule has 0 aromatic carbocycles. The Labute approximate surface area is 89.2 Å². The van der Waals surface area contributed by atoms with Crippen LogP contribution in [0.15, 0.2) is 0 Å². The van der Waals surface area contributed by atoms with Gasteiger partial charge in [0.1, 0.15) is 0 Å². The second-order valence-electron chi connectivity index (χ2n) is 3.63. The minimum absolute atomic E-state index is 0.111. The summed E-state index contributed by atoms with van der Waals surface area (Å²) in [5.74, 6) is 0.206. The first-order valence-electron chi connectivity index (χ1n) is 5.08. The lowest BCUT2D eigenvalue weighted by Gasteiger charge is -2.15. The fraction of sp³-hybridized carbons (Fsp3) is 0.800. The van der Waals surface area contributed by atoms with Crippen LogP contribution < -0.4 is 0 Å². The van der Waals surface area contributed by atoms with E-state index in [1.807, 2.05) is 4.90 Å². The highest BCUT2D eigenvalue weighted by atomic mass is 32.2. The third kappa shape index (κ3) is 3.33. The maximum Gasteiger partial charge on any atom is 0.223 e. The molecular weight excluding hydrogens is 198 g/mol. The first-order valence-corrected chi connectivity index (χ1v) is 5.96. The first kappa shape index (κ1) is 11.6. The lowest BCUT2D eigenvalue weighted by molar-refractivity contribution is -0.127. The van der Waals surface area contributed by atoms with Crippen molar-refractivity contribution in [3.05, 3.63) is 0 Å². The average molecular weight is 215 g/mol. The molecule has 1 unspecified atom stereocenters. The van der Waals surface area contributed by atoms with E-state index in [4.69, 9.17) is 0 Å². The van der Waals surface area contributed by atoms with E-state index in [2.05, 4.69) is 6.92 Å². The molecule has 1 aliphatic rings. The Morgan fingerprint density at radius 3 is 2.93 bits per heavy atom. The summed E-state index contributed by atoms with van der Waals surface area (Å²) in [6.45, 7) is 5.28. The maximum atomic E-state index is 11.5. The van der Waals surface area contributed by atoms with Crippen molar-refractivity contribution in [3.8, 4) is 0 Å². The van der Waals surface area contributed by atoms with Crippen molar-refractivity contribution >= 4 is 22.8 Å². The van der Waals surface area contributed by atoms with Crippen LogP contribution in [0.4, 0.5) is 0 Å². The van der Waals surface area contributed by atoms with Gasteiger partial charge >= 0.3 is 0 Å². The van der Waals surface area contributed by atoms with Crippen LogP contribution in [0.25, 0.3) is 0 Å². The molecule has 1 aliphatic heterocycles. The monoisotopic (exact) mass is 215 g/mol. The standard InChI is InChI=1S/C10H17NO2S/c1-3-4-5-11-7-9(6-10(11)13)14-8(2)12/h9H,3-7H2,1-2H3. The molecule has 0 N–H and O–H groups in total. The van der Waals surface area contributed by atoms with Crippen molar-refractivity contribution in [2.45, 2.75) is 38.4 Å². The number of hydrogen-bond donors (Lipinski definition) is 0. The minimum atomic E-state index is 0.111. The molecule has 0 bridgehead atoms. The van der Waals surface area contributed by atoms with Crippen molar-refractivity contribution in [2.24, 2.45) is 0 Å². The third-order valence-electron chi connectivity index (χ3n) is 2.29. The van der Waals surface area contributed by atoms with E-state index in [1.165, 1.54) is 11.8 Å². The molecule has 0 saturated carbocycles. The molecule has 1 fully saturated rings. The van der Waals surface area contributed by atoms with Gasteiger partial charge in [-0.25, -0.2) is 0 Å². The smallest absolute Gasteiger partial charge is 0.223 e. The predicted molar refractivity (Wildman–Crippen MR) is 58.2 cm³/mol. The van der Waals surface area contributed by atoms with E-state index in [9.17, 15) is 9.59 Å². The Morgan fingerprint density at radius 2 is 2.36 bits per heavy atom. The van der Waals surface area contributed by atoms with E-state index < -0.39 is 0 Å². The van der Waals surface area contributed by atoms with Gasteiger partial charge in [-0.3, -0.25) is 9.59 Å². The molecule has 3 nitrogen and oxygen atoms in total. The van der Waals surface area contributed by atoms with E-state index in [0.29, 0.717) is 6.42 Å². The zero-order valence-electron chi connectivity index (χ0n) is 8.78. The van der Waals surface area contributed by atoms with E-state index >= 15 is 0 Å². The van der Waals surface area contributed by atoms with Crippen LogP contribution in [-0.2, 0) is 9.59 Å². The Morgan fingerprint density at radius 1 is 1.64 bits per heavy atom. The molecule has 1 atom stereocenters. The van der Waals surface area contributed by atoms with Crippen LogP contribution in [-0.4, -0.2) is 34.3 Å². The van der Waals surface area contributed by atoms with E-state index in [0.717, 1.165) is 25.9 Å². The van der Waals surface area contributed by atoms with Crippen LogP contribution in [0, 0.1) is 0 Å². The summed E-state index contributed by atoms with van der Waals surface area (Å²) < 4.78 is 0. The zero-order valence-corrected chi connectivity index (χ0v) is 9.60. The van der Waals surface area contributed by atoms with Crippen LogP contribution in [0.1, 0.15) is 33.1 Å². The summed E-state index contributed by atoms with van der Waals surface area (Å²) in [6, 6.07) is 0. The summed E-state index contributed by atoms with van der Waals surface area (Å²) in [5, 5.41) is 0.303. The number of unbranched alkanes of at least 4 members (excludes halogenated alkanes) is 1. The summed E-state index contributed by atoms with van der Waals surface area (Å²) >= 11 is 1.30. The third-order valence-corrected chi connectivity index (χ3v) is 3.27. The number of likely N-dealkylation sites (tertiary alicyclic amines) is 1. The van der Waals surface area contributed by atoms with Crippen molar-refractivity contribution in [3.63, 3.8) is 0 Å². The molecule has 1 saturated heterocycles. The highest BCUT2D eigenvalue weighted by molar-refractivity contribution is 8.14. The Balaban J connectivity index is 2.35. The number of amides is 1. The van der Waals surface area contributed by atoms with Crippen LogP contribution in [0.2, 0.25) is 0 Å². The van der Waals surface area contributed by atoms with Gasteiger partial charge in [0.2, 0.25) is 5.91 Å². The van der Waals surface area contributed by atoms with Gasteiger partial charge in [-0.15, -0.1) is 0 Å². The molecule has 0 aliphatic carbocycles. The summed E-state index contributed by atoms with van der Waals surface area (Å²) in [6.07, 6.45) is 2.70. The van der Waals surface area contributed by atoms with Crippen molar-refractivity contribution < 1.29 is 9.59 Å². The number of hydrogen-bond acceptors (Lipinski definition) is 3. The number of thioether (sulfide) groups is 1. The SMILES string of the molecule is CCCCN1CC(SC(C)=O)CC1=O. The molecule has 0 spiro atoms. The highest BCUT2D eigenvalue weighted by Crippen LogP contribution is 2.24. The molecule has 1 heterocycles. The normalized spacial score (nSPS) is 21.7. The molecule has 0 aromatic rings. The molecule has 0 radical (unpaired) electrons. The van der Waals surface area contributed by atoms with Crippen LogP contribution >= 0.6 is 11.8 Å². The summed E-state index contributed by atoms with van der Waals surface area (Å²) in [7, 11) is 0. The molecule has 4 heteroatoms. The first-order chi connectivity index (χ1) is 6.63. The van der Waals surface area contributed by atoms with Gasteiger partial charge in [-0.05, 0) is 6.42 Å². The van der Waals surface area contributed by atoms with Gasteiger partial charge in [0.05, 0.1) is 0 Å². The number of carbonyl (C=O) groups is 2. The second-order valence-corrected chi connectivity index (χ2v) is 5.11. The fourth-order valence-electron chi connectivity index (χ4n) is 1.61. The topological polar surface area (TPSA) is 37.4 Å². The van der Waals surface area contributed by atoms with Gasteiger partial charge in [0.15, 0.2) is 5.12 Å². The van der Waals surface area contributed by atoms with Crippen LogP contribution in [0.5, 0.6) is 0 Å². The molecule has 0 aromatic heterocycles. The molecule has 14 heavy (non-hydrogen) atoms. The molecule has 80 valence electrons. The zero-order chi connectivity index (χ0) is 10.6. The molecular formula is C10H17NO2S. The van der Waals surface area contributed by atoms with Crippen molar-refractivity contribution in [2.75, 3.05) is 13.1 Å². The number of carbonyl (C=O) groups excluding carboxylic acids is 2. The lowest BCUT2D eigenvalue weighted by Crippen LogP contribution is -2.26. The average Bonchev–Trinajstić information content (AvgIpc) is 2.41. The summed E-state index contributed by atoms with van der Waals surface area (Å²) in [4.78, 5) is 24.2. The minimum Gasteiger partial charge on any atom is -0.342 e. The predicted octanol–water partition coefficient (Wildman–Crippen LogP) is 1.67. The quantitative estimate of drug-likeness (QED) is 0.716. The van der Waals surface area contributed by atoms with E-state index in [1.54, 1.807) is 6.92 Å². The largest absolute Gasteiger partial charge is 0.342 e. The Hall–Kier alpha value is -0.510. The number of nitrogens with zero attached hydrogens (tertiary/aromatic N) is 1. The molecule has 1 rings (SSSR count). The second kappa shape index (κ2) is 5.39. The van der Waals surface area contributed by atoms with Crippen LogP contribution in [0.3, 0.4) is 0 Å². The van der Waals surface area contributed by atoms with Gasteiger partial charge < -0.3 is 4.90 Å². The fourth-order valence-corrected chi connectivity index (χ4v) is 2.56. The Bertz CT molecular complexity index is 230. The van der Waals surface area contributed by atoms with E-state index in [-0.39, 0.29) is 16.3 Å². The highest BCUT2D eigenvalue weighted by Gasteiger charge is 2.30. The van der Waals surface area contributed by atoms with Gasteiger partial charge in [0, 0.05) is 31.7 Å². The Kier molecular flexibility index (Phi) is 4.45. The molecule has 1 amide bonds. The number of rotatable bonds is 4. The maximum absolute atomic E-state index is 11.5. The van der Waals surface area contributed by atoms with Gasteiger partial charge in [-0.2, -0.15) is 0 Å². The van der Waals surface area contributed by atoms with Gasteiger partial charge in [-0.1, -0.05) is 25.1 Å². The lowest BCUT2D eigenvalue weighted by atomic mass is 10.3.